The summed E-state index contributed by atoms with van der Waals surface area (Å²) >= 11 is 0. The van der Waals surface area contributed by atoms with Crippen LogP contribution >= 0.6 is 0 Å². The van der Waals surface area contributed by atoms with Crippen molar-refractivity contribution in [1.29, 1.82) is 0 Å². The first-order chi connectivity index (χ1) is 11.4. The molecule has 0 aliphatic rings. The maximum absolute atomic E-state index is 12.9. The minimum Gasteiger partial charge on any atom is -0.353 e. The molecule has 136 valence electrons. The van der Waals surface area contributed by atoms with Gasteiger partial charge >= 0.3 is 0 Å². The first kappa shape index (κ1) is 20.3. The van der Waals surface area contributed by atoms with E-state index in [1.54, 1.807) is 4.90 Å². The van der Waals surface area contributed by atoms with Gasteiger partial charge in [-0.1, -0.05) is 27.2 Å². The summed E-state index contributed by atoms with van der Waals surface area (Å²) in [5.41, 5.74) is 1.11. The lowest BCUT2D eigenvalue weighted by Gasteiger charge is -2.31. The van der Waals surface area contributed by atoms with Crippen molar-refractivity contribution < 1.29 is 9.59 Å². The summed E-state index contributed by atoms with van der Waals surface area (Å²) in [5.74, 6) is 0.0822. The highest BCUT2D eigenvalue weighted by atomic mass is 16.2. The molecule has 2 amide bonds. The van der Waals surface area contributed by atoms with Crippen molar-refractivity contribution in [1.82, 2.24) is 14.4 Å². The van der Waals surface area contributed by atoms with Crippen molar-refractivity contribution in [3.05, 3.63) is 24.0 Å². The Balaban J connectivity index is 2.85. The first-order valence-electron chi connectivity index (χ1n) is 9.11. The van der Waals surface area contributed by atoms with Gasteiger partial charge in [-0.2, -0.15) is 0 Å². The Morgan fingerprint density at radius 2 is 1.92 bits per heavy atom. The van der Waals surface area contributed by atoms with E-state index < -0.39 is 0 Å². The highest BCUT2D eigenvalue weighted by Gasteiger charge is 2.23. The van der Waals surface area contributed by atoms with E-state index in [9.17, 15) is 9.59 Å². The third-order valence-corrected chi connectivity index (χ3v) is 4.59. The second-order valence-electron chi connectivity index (χ2n) is 6.41. The molecule has 24 heavy (non-hydrogen) atoms. The number of carbonyl (C=O) groups is 2. The highest BCUT2D eigenvalue weighted by Crippen LogP contribution is 2.11. The molecule has 1 atom stereocenters. The number of nitrogens with zero attached hydrogens (tertiary/aromatic N) is 3. The highest BCUT2D eigenvalue weighted by molar-refractivity contribution is 5.85. The molecule has 0 aliphatic heterocycles. The van der Waals surface area contributed by atoms with E-state index in [0.29, 0.717) is 13.0 Å². The quantitative estimate of drug-likeness (QED) is 0.659. The maximum Gasteiger partial charge on any atom is 0.242 e. The molecule has 0 bridgehead atoms. The standard InChI is InChI=1S/C19H33N3O2/c1-6-9-13-21(14-17-11-10-12-20(17)5)19(24)15-22(16(4)7-2)18(23)8-3/h10-12,16H,6-9,13-15H2,1-5H3. The molecule has 5 nitrogen and oxygen atoms in total. The molecule has 1 aromatic rings. The van der Waals surface area contributed by atoms with Gasteiger partial charge in [0, 0.05) is 37.9 Å². The van der Waals surface area contributed by atoms with Gasteiger partial charge in [-0.3, -0.25) is 9.59 Å². The van der Waals surface area contributed by atoms with Gasteiger partial charge < -0.3 is 14.4 Å². The van der Waals surface area contributed by atoms with Gasteiger partial charge in [0.1, 0.15) is 0 Å². The lowest BCUT2D eigenvalue weighted by atomic mass is 10.2. The second-order valence-corrected chi connectivity index (χ2v) is 6.41. The summed E-state index contributed by atoms with van der Waals surface area (Å²) in [6, 6.07) is 4.11. The molecule has 0 radical (unpaired) electrons. The van der Waals surface area contributed by atoms with Crippen LogP contribution < -0.4 is 0 Å². The normalized spacial score (nSPS) is 12.0. The molecule has 5 heteroatoms. The number of aryl methyl sites for hydroxylation is 1. The molecule has 1 aromatic heterocycles. The molecule has 0 saturated carbocycles. The minimum absolute atomic E-state index is 0.0340. The van der Waals surface area contributed by atoms with Gasteiger partial charge in [0.25, 0.3) is 0 Å². The van der Waals surface area contributed by atoms with Crippen LogP contribution in [0.15, 0.2) is 18.3 Å². The van der Waals surface area contributed by atoms with Gasteiger partial charge in [0.05, 0.1) is 13.1 Å². The molecule has 1 rings (SSSR count). The molecular formula is C19H33N3O2. The van der Waals surface area contributed by atoms with E-state index >= 15 is 0 Å². The van der Waals surface area contributed by atoms with E-state index in [0.717, 1.165) is 31.5 Å². The molecule has 1 unspecified atom stereocenters. The number of hydrogen-bond acceptors (Lipinski definition) is 2. The number of carbonyl (C=O) groups excluding carboxylic acids is 2. The van der Waals surface area contributed by atoms with Crippen molar-refractivity contribution in [3.8, 4) is 0 Å². The van der Waals surface area contributed by atoms with Crippen LogP contribution in [0.5, 0.6) is 0 Å². The third kappa shape index (κ3) is 5.69. The molecule has 0 N–H and O–H groups in total. The van der Waals surface area contributed by atoms with E-state index in [1.807, 2.05) is 55.6 Å². The summed E-state index contributed by atoms with van der Waals surface area (Å²) in [5, 5.41) is 0. The van der Waals surface area contributed by atoms with Gasteiger partial charge in [-0.25, -0.2) is 0 Å². The monoisotopic (exact) mass is 335 g/mol. The van der Waals surface area contributed by atoms with E-state index in [1.165, 1.54) is 0 Å². The zero-order valence-corrected chi connectivity index (χ0v) is 15.9. The number of rotatable bonds is 10. The molecule has 0 aromatic carbocycles. The average Bonchev–Trinajstić information content (AvgIpc) is 2.99. The smallest absolute Gasteiger partial charge is 0.242 e. The van der Waals surface area contributed by atoms with Crippen LogP contribution in [0, 0.1) is 0 Å². The van der Waals surface area contributed by atoms with Crippen LogP contribution in [0.2, 0.25) is 0 Å². The Hall–Kier alpha value is -1.78. The molecule has 0 saturated heterocycles. The zero-order chi connectivity index (χ0) is 18.1. The maximum atomic E-state index is 12.9. The molecule has 0 spiro atoms. The van der Waals surface area contributed by atoms with Crippen LogP contribution in [0.3, 0.4) is 0 Å². The summed E-state index contributed by atoms with van der Waals surface area (Å²) in [4.78, 5) is 28.7. The SMILES string of the molecule is CCCCN(Cc1cccn1C)C(=O)CN(C(=O)CC)C(C)CC. The zero-order valence-electron chi connectivity index (χ0n) is 15.9. The van der Waals surface area contributed by atoms with Crippen LogP contribution in [-0.4, -0.2) is 45.3 Å². The van der Waals surface area contributed by atoms with Crippen LogP contribution in [0.4, 0.5) is 0 Å². The fourth-order valence-electron chi connectivity index (χ4n) is 2.66. The topological polar surface area (TPSA) is 45.6 Å². The first-order valence-corrected chi connectivity index (χ1v) is 9.11. The number of aromatic nitrogens is 1. The van der Waals surface area contributed by atoms with Crippen molar-refractivity contribution in [2.75, 3.05) is 13.1 Å². The average molecular weight is 335 g/mol. The van der Waals surface area contributed by atoms with Gasteiger partial charge in [0.15, 0.2) is 0 Å². The number of hydrogen-bond donors (Lipinski definition) is 0. The lowest BCUT2D eigenvalue weighted by molar-refractivity contribution is -0.142. The Bertz CT molecular complexity index is 524. The molecule has 0 fully saturated rings. The number of amides is 2. The van der Waals surface area contributed by atoms with Crippen molar-refractivity contribution >= 4 is 11.8 Å². The summed E-state index contributed by atoms with van der Waals surface area (Å²) < 4.78 is 2.04. The lowest BCUT2D eigenvalue weighted by Crippen LogP contribution is -2.46. The largest absolute Gasteiger partial charge is 0.353 e. The second kappa shape index (κ2) is 10.2. The summed E-state index contributed by atoms with van der Waals surface area (Å²) in [6.45, 7) is 9.53. The van der Waals surface area contributed by atoms with Gasteiger partial charge in [-0.05, 0) is 31.9 Å². The molecular weight excluding hydrogens is 302 g/mol. The Labute approximate surface area is 146 Å². The molecule has 1 heterocycles. The van der Waals surface area contributed by atoms with E-state index in [2.05, 4.69) is 6.92 Å². The van der Waals surface area contributed by atoms with E-state index in [-0.39, 0.29) is 24.4 Å². The van der Waals surface area contributed by atoms with Crippen LogP contribution in [0.25, 0.3) is 0 Å². The van der Waals surface area contributed by atoms with Gasteiger partial charge in [-0.15, -0.1) is 0 Å². The summed E-state index contributed by atoms with van der Waals surface area (Å²) in [7, 11) is 1.99. The van der Waals surface area contributed by atoms with Crippen molar-refractivity contribution in [2.24, 2.45) is 7.05 Å². The van der Waals surface area contributed by atoms with Crippen LogP contribution in [-0.2, 0) is 23.2 Å². The predicted molar refractivity (Wildman–Crippen MR) is 97.5 cm³/mol. The van der Waals surface area contributed by atoms with Crippen molar-refractivity contribution in [2.45, 2.75) is 66.0 Å². The Morgan fingerprint density at radius 1 is 1.21 bits per heavy atom. The van der Waals surface area contributed by atoms with Crippen molar-refractivity contribution in [3.63, 3.8) is 0 Å². The Morgan fingerprint density at radius 3 is 2.42 bits per heavy atom. The number of unbranched alkanes of at least 4 members (excludes halogenated alkanes) is 1. The Kier molecular flexibility index (Phi) is 8.58. The van der Waals surface area contributed by atoms with Crippen LogP contribution in [0.1, 0.15) is 59.1 Å². The fraction of sp³-hybridized carbons (Fsp3) is 0.684. The third-order valence-electron chi connectivity index (χ3n) is 4.59. The fourth-order valence-corrected chi connectivity index (χ4v) is 2.66. The minimum atomic E-state index is 0.0340. The summed E-state index contributed by atoms with van der Waals surface area (Å²) in [6.07, 6.45) is 5.29. The van der Waals surface area contributed by atoms with Gasteiger partial charge in [0.2, 0.25) is 11.8 Å². The van der Waals surface area contributed by atoms with E-state index in [4.69, 9.17) is 0 Å². The molecule has 0 aliphatic carbocycles. The predicted octanol–water partition coefficient (Wildman–Crippen LogP) is 3.19.